The summed E-state index contributed by atoms with van der Waals surface area (Å²) < 4.78 is 0. The quantitative estimate of drug-likeness (QED) is 0.836. The van der Waals surface area contributed by atoms with Crippen molar-refractivity contribution in [3.8, 4) is 0 Å². The van der Waals surface area contributed by atoms with Crippen molar-refractivity contribution in [1.29, 1.82) is 0 Å². The molecule has 5 nitrogen and oxygen atoms in total. The van der Waals surface area contributed by atoms with Crippen LogP contribution in [0.25, 0.3) is 0 Å². The van der Waals surface area contributed by atoms with E-state index < -0.39 is 6.04 Å². The van der Waals surface area contributed by atoms with Crippen molar-refractivity contribution in [3.05, 3.63) is 29.3 Å². The second-order valence-corrected chi connectivity index (χ2v) is 5.66. The third-order valence-corrected chi connectivity index (χ3v) is 3.89. The van der Waals surface area contributed by atoms with Crippen molar-refractivity contribution in [2.75, 3.05) is 18.8 Å². The Morgan fingerprint density at radius 2 is 1.86 bits per heavy atom. The third-order valence-electron chi connectivity index (χ3n) is 3.89. The van der Waals surface area contributed by atoms with Crippen LogP contribution in [0.15, 0.2) is 18.2 Å². The van der Waals surface area contributed by atoms with Gasteiger partial charge in [-0.15, -0.1) is 12.4 Å². The summed E-state index contributed by atoms with van der Waals surface area (Å²) in [4.78, 5) is 26.4. The second kappa shape index (κ2) is 8.03. The lowest BCUT2D eigenvalue weighted by Gasteiger charge is -2.29. The zero-order valence-corrected chi connectivity index (χ0v) is 13.9. The summed E-state index contributed by atoms with van der Waals surface area (Å²) in [5.74, 6) is -0.262. The van der Waals surface area contributed by atoms with E-state index in [4.69, 9.17) is 5.73 Å². The number of hydrogen-bond acceptors (Lipinski definition) is 3. The minimum atomic E-state index is -0.517. The number of nitrogens with zero attached hydrogens (tertiary/aromatic N) is 1. The molecule has 1 aromatic rings. The molecule has 1 unspecified atom stereocenters. The molecule has 22 heavy (non-hydrogen) atoms. The number of nitrogens with two attached hydrogens (primary N) is 1. The summed E-state index contributed by atoms with van der Waals surface area (Å²) >= 11 is 0. The SMILES string of the molecule is Cc1ccc(N)cc1C(=O)NC(C)C(=O)N1CCCCC1.Cl. The molecule has 1 saturated heterocycles. The molecule has 6 heteroatoms. The molecular weight excluding hydrogens is 302 g/mol. The van der Waals surface area contributed by atoms with Gasteiger partial charge in [-0.3, -0.25) is 9.59 Å². The van der Waals surface area contributed by atoms with Gasteiger partial charge in [0.1, 0.15) is 6.04 Å². The first-order chi connectivity index (χ1) is 9.99. The van der Waals surface area contributed by atoms with Gasteiger partial charge in [-0.2, -0.15) is 0 Å². The van der Waals surface area contributed by atoms with Gasteiger partial charge < -0.3 is 16.0 Å². The minimum Gasteiger partial charge on any atom is -0.399 e. The number of nitrogen functional groups attached to an aromatic ring is 1. The van der Waals surface area contributed by atoms with Gasteiger partial charge >= 0.3 is 0 Å². The van der Waals surface area contributed by atoms with Gasteiger partial charge in [0.2, 0.25) is 5.91 Å². The van der Waals surface area contributed by atoms with E-state index in [2.05, 4.69) is 5.32 Å². The number of anilines is 1. The van der Waals surface area contributed by atoms with Gasteiger partial charge in [0, 0.05) is 24.3 Å². The Hall–Kier alpha value is -1.75. The van der Waals surface area contributed by atoms with E-state index in [1.165, 1.54) is 6.42 Å². The lowest BCUT2D eigenvalue weighted by molar-refractivity contribution is -0.133. The minimum absolute atomic E-state index is 0. The van der Waals surface area contributed by atoms with Crippen LogP contribution in [0.4, 0.5) is 5.69 Å². The van der Waals surface area contributed by atoms with E-state index in [9.17, 15) is 9.59 Å². The Labute approximate surface area is 137 Å². The predicted molar refractivity (Wildman–Crippen MR) is 90.2 cm³/mol. The molecule has 2 amide bonds. The molecule has 1 fully saturated rings. The van der Waals surface area contributed by atoms with Crippen molar-refractivity contribution < 1.29 is 9.59 Å². The zero-order valence-electron chi connectivity index (χ0n) is 13.1. The molecule has 1 aliphatic heterocycles. The Balaban J connectivity index is 0.00000242. The number of rotatable bonds is 3. The van der Waals surface area contributed by atoms with Crippen LogP contribution >= 0.6 is 12.4 Å². The molecule has 2 rings (SSSR count). The predicted octanol–water partition coefficient (Wildman–Crippen LogP) is 2.13. The summed E-state index contributed by atoms with van der Waals surface area (Å²) in [6, 6.07) is 4.69. The monoisotopic (exact) mass is 325 g/mol. The molecule has 1 atom stereocenters. The van der Waals surface area contributed by atoms with Crippen LogP contribution in [-0.2, 0) is 4.79 Å². The maximum Gasteiger partial charge on any atom is 0.252 e. The van der Waals surface area contributed by atoms with Crippen molar-refractivity contribution in [3.63, 3.8) is 0 Å². The van der Waals surface area contributed by atoms with Crippen LogP contribution in [0.2, 0.25) is 0 Å². The fourth-order valence-electron chi connectivity index (χ4n) is 2.61. The highest BCUT2D eigenvalue weighted by molar-refractivity contribution is 5.99. The van der Waals surface area contributed by atoms with Crippen molar-refractivity contribution >= 4 is 29.9 Å². The van der Waals surface area contributed by atoms with E-state index in [0.717, 1.165) is 31.5 Å². The number of likely N-dealkylation sites (tertiary alicyclic amines) is 1. The van der Waals surface area contributed by atoms with Crippen LogP contribution in [-0.4, -0.2) is 35.8 Å². The normalized spacial score (nSPS) is 15.6. The maximum atomic E-state index is 12.3. The average Bonchev–Trinajstić information content (AvgIpc) is 2.49. The molecule has 1 aliphatic rings. The number of carbonyl (C=O) groups excluding carboxylic acids is 2. The Morgan fingerprint density at radius 1 is 1.23 bits per heavy atom. The molecular formula is C16H24ClN3O2. The molecule has 0 spiro atoms. The standard InChI is InChI=1S/C16H23N3O2.ClH/c1-11-6-7-13(17)10-14(11)15(20)18-12(2)16(21)19-8-4-3-5-9-19;/h6-7,10,12H,3-5,8-9,17H2,1-2H3,(H,18,20);1H. The molecule has 0 aliphatic carbocycles. The Morgan fingerprint density at radius 3 is 2.50 bits per heavy atom. The number of nitrogens with one attached hydrogen (secondary N) is 1. The largest absolute Gasteiger partial charge is 0.399 e. The van der Waals surface area contributed by atoms with Crippen molar-refractivity contribution in [1.82, 2.24) is 10.2 Å². The lowest BCUT2D eigenvalue weighted by atomic mass is 10.1. The molecule has 122 valence electrons. The van der Waals surface area contributed by atoms with Gasteiger partial charge in [-0.25, -0.2) is 0 Å². The Kier molecular flexibility index (Phi) is 6.68. The number of hydrogen-bond donors (Lipinski definition) is 2. The second-order valence-electron chi connectivity index (χ2n) is 5.66. The summed E-state index contributed by atoms with van der Waals surface area (Å²) in [5, 5.41) is 2.78. The van der Waals surface area contributed by atoms with Gasteiger partial charge in [-0.05, 0) is 50.8 Å². The molecule has 0 saturated carbocycles. The number of benzene rings is 1. The molecule has 0 radical (unpaired) electrons. The first kappa shape index (κ1) is 18.3. The fourth-order valence-corrected chi connectivity index (χ4v) is 2.61. The van der Waals surface area contributed by atoms with Crippen molar-refractivity contribution in [2.24, 2.45) is 0 Å². The van der Waals surface area contributed by atoms with Gasteiger partial charge in [0.05, 0.1) is 0 Å². The van der Waals surface area contributed by atoms with E-state index in [1.807, 2.05) is 11.8 Å². The summed E-state index contributed by atoms with van der Waals surface area (Å²) in [7, 11) is 0. The maximum absolute atomic E-state index is 12.3. The van der Waals surface area contributed by atoms with Crippen LogP contribution < -0.4 is 11.1 Å². The van der Waals surface area contributed by atoms with Crippen LogP contribution in [0, 0.1) is 6.92 Å². The highest BCUT2D eigenvalue weighted by atomic mass is 35.5. The lowest BCUT2D eigenvalue weighted by Crippen LogP contribution is -2.48. The van der Waals surface area contributed by atoms with E-state index in [-0.39, 0.29) is 24.2 Å². The molecule has 0 aromatic heterocycles. The summed E-state index contributed by atoms with van der Waals surface area (Å²) in [5.41, 5.74) is 7.63. The zero-order chi connectivity index (χ0) is 15.4. The van der Waals surface area contributed by atoms with E-state index in [0.29, 0.717) is 11.3 Å². The first-order valence-electron chi connectivity index (χ1n) is 7.45. The summed E-state index contributed by atoms with van der Waals surface area (Å²) in [6.07, 6.45) is 3.26. The molecule has 3 N–H and O–H groups in total. The fraction of sp³-hybridized carbons (Fsp3) is 0.500. The highest BCUT2D eigenvalue weighted by Gasteiger charge is 2.24. The topological polar surface area (TPSA) is 75.4 Å². The third kappa shape index (κ3) is 4.37. The van der Waals surface area contributed by atoms with E-state index >= 15 is 0 Å². The number of amides is 2. The van der Waals surface area contributed by atoms with Crippen LogP contribution in [0.3, 0.4) is 0 Å². The first-order valence-corrected chi connectivity index (χ1v) is 7.45. The molecule has 0 bridgehead atoms. The molecule has 1 aromatic carbocycles. The van der Waals surface area contributed by atoms with Gasteiger partial charge in [-0.1, -0.05) is 6.07 Å². The van der Waals surface area contributed by atoms with Crippen LogP contribution in [0.1, 0.15) is 42.1 Å². The number of halogens is 1. The van der Waals surface area contributed by atoms with Gasteiger partial charge in [0.25, 0.3) is 5.91 Å². The molecule has 1 heterocycles. The number of piperidine rings is 1. The number of aryl methyl sites for hydroxylation is 1. The Bertz CT molecular complexity index is 542. The number of carbonyl (C=O) groups is 2. The van der Waals surface area contributed by atoms with Crippen LogP contribution in [0.5, 0.6) is 0 Å². The average molecular weight is 326 g/mol. The smallest absolute Gasteiger partial charge is 0.252 e. The highest BCUT2D eigenvalue weighted by Crippen LogP contribution is 2.14. The van der Waals surface area contributed by atoms with Gasteiger partial charge in [0.15, 0.2) is 0 Å². The van der Waals surface area contributed by atoms with E-state index in [1.54, 1.807) is 25.1 Å². The van der Waals surface area contributed by atoms with Crippen molar-refractivity contribution in [2.45, 2.75) is 39.2 Å². The summed E-state index contributed by atoms with van der Waals surface area (Å²) in [6.45, 7) is 5.16.